The van der Waals surface area contributed by atoms with Gasteiger partial charge in [-0.3, -0.25) is 14.4 Å². The van der Waals surface area contributed by atoms with Gasteiger partial charge in [-0.25, -0.2) is 0 Å². The van der Waals surface area contributed by atoms with Gasteiger partial charge in [-0.2, -0.15) is 0 Å². The van der Waals surface area contributed by atoms with Crippen LogP contribution in [0.1, 0.15) is 226 Å². The molecule has 6 heteroatoms. The van der Waals surface area contributed by atoms with Crippen molar-refractivity contribution in [2.45, 2.75) is 232 Å². The lowest BCUT2D eigenvalue weighted by Crippen LogP contribution is -2.30. The van der Waals surface area contributed by atoms with Crippen LogP contribution in [0.15, 0.2) is 48.6 Å². The molecule has 1 atom stereocenters. The van der Waals surface area contributed by atoms with Crippen molar-refractivity contribution in [3.05, 3.63) is 48.6 Å². The minimum atomic E-state index is -0.777. The van der Waals surface area contributed by atoms with Crippen LogP contribution in [0.4, 0.5) is 0 Å². The summed E-state index contributed by atoms with van der Waals surface area (Å²) in [7, 11) is 0. The molecule has 0 fully saturated rings. The quantitative estimate of drug-likeness (QED) is 0.0202. The summed E-state index contributed by atoms with van der Waals surface area (Å²) < 4.78 is 16.7. The number of hydrogen-bond acceptors (Lipinski definition) is 6. The van der Waals surface area contributed by atoms with E-state index in [-0.39, 0.29) is 31.1 Å². The monoisotopic (exact) mass is 771 g/mol. The Morgan fingerprint density at radius 3 is 1.20 bits per heavy atom. The average molecular weight is 771 g/mol. The van der Waals surface area contributed by atoms with Gasteiger partial charge < -0.3 is 14.2 Å². The Morgan fingerprint density at radius 1 is 0.382 bits per heavy atom. The number of carbonyl (C=O) groups is 3. The van der Waals surface area contributed by atoms with Gasteiger partial charge >= 0.3 is 17.9 Å². The summed E-state index contributed by atoms with van der Waals surface area (Å²) in [5.41, 5.74) is 0. The van der Waals surface area contributed by atoms with Crippen LogP contribution >= 0.6 is 0 Å². The van der Waals surface area contributed by atoms with Gasteiger partial charge in [0.2, 0.25) is 0 Å². The number of unbranched alkanes of at least 4 members (excludes halogenated alkanes) is 24. The molecule has 0 rings (SSSR count). The zero-order valence-corrected chi connectivity index (χ0v) is 36.2. The van der Waals surface area contributed by atoms with E-state index in [2.05, 4.69) is 69.4 Å². The Balaban J connectivity index is 4.38. The summed E-state index contributed by atoms with van der Waals surface area (Å²) in [5.74, 6) is -0.902. The van der Waals surface area contributed by atoms with E-state index >= 15 is 0 Å². The van der Waals surface area contributed by atoms with Crippen molar-refractivity contribution in [3.8, 4) is 0 Å². The lowest BCUT2D eigenvalue weighted by Gasteiger charge is -2.18. The molecule has 0 amide bonds. The second kappa shape index (κ2) is 44.1. The van der Waals surface area contributed by atoms with E-state index in [0.717, 1.165) is 83.5 Å². The normalized spacial score (nSPS) is 12.4. The van der Waals surface area contributed by atoms with Crippen LogP contribution in [0.3, 0.4) is 0 Å². The lowest BCUT2D eigenvalue weighted by atomic mass is 10.1. The number of rotatable bonds is 41. The number of carbonyl (C=O) groups excluding carboxylic acids is 3. The van der Waals surface area contributed by atoms with Gasteiger partial charge in [0.25, 0.3) is 0 Å². The lowest BCUT2D eigenvalue weighted by molar-refractivity contribution is -0.167. The fourth-order valence-corrected chi connectivity index (χ4v) is 6.36. The first-order valence-electron chi connectivity index (χ1n) is 23.2. The fourth-order valence-electron chi connectivity index (χ4n) is 6.36. The van der Waals surface area contributed by atoms with Gasteiger partial charge in [0, 0.05) is 19.3 Å². The number of esters is 3. The molecule has 0 saturated heterocycles. The minimum absolute atomic E-state index is 0.0789. The van der Waals surface area contributed by atoms with Crippen molar-refractivity contribution in [1.82, 2.24) is 0 Å². The van der Waals surface area contributed by atoms with Crippen LogP contribution in [0.2, 0.25) is 0 Å². The second-order valence-electron chi connectivity index (χ2n) is 15.3. The molecule has 318 valence electrons. The molecule has 0 aromatic carbocycles. The van der Waals surface area contributed by atoms with E-state index in [4.69, 9.17) is 14.2 Å². The molecule has 55 heavy (non-hydrogen) atoms. The van der Waals surface area contributed by atoms with Gasteiger partial charge in [-0.05, 0) is 57.8 Å². The van der Waals surface area contributed by atoms with E-state index in [9.17, 15) is 14.4 Å². The fraction of sp³-hybridized carbons (Fsp3) is 0.776. The smallest absolute Gasteiger partial charge is 0.306 e. The zero-order valence-electron chi connectivity index (χ0n) is 36.2. The molecular weight excluding hydrogens is 685 g/mol. The van der Waals surface area contributed by atoms with E-state index in [1.807, 2.05) is 0 Å². The molecule has 0 aromatic heterocycles. The third kappa shape index (κ3) is 42.4. The third-order valence-electron chi connectivity index (χ3n) is 9.88. The van der Waals surface area contributed by atoms with E-state index in [0.29, 0.717) is 19.3 Å². The maximum absolute atomic E-state index is 12.7. The number of ether oxygens (including phenoxy) is 3. The summed E-state index contributed by atoms with van der Waals surface area (Å²) in [5, 5.41) is 0. The van der Waals surface area contributed by atoms with Crippen LogP contribution in [-0.4, -0.2) is 37.2 Å². The molecule has 0 radical (unpaired) electrons. The van der Waals surface area contributed by atoms with Gasteiger partial charge in [0.05, 0.1) is 0 Å². The summed E-state index contributed by atoms with van der Waals surface area (Å²) in [6.45, 7) is 6.44. The highest BCUT2D eigenvalue weighted by atomic mass is 16.6. The first-order chi connectivity index (χ1) is 27.0. The SMILES string of the molecule is CC\C=C/C=C\C=C/CCCCCCCCCC(=O)OCC(COC(=O)CCCCCCCCCCCCC)OC(=O)CCCCCCC/C=C\CCCC. The van der Waals surface area contributed by atoms with Gasteiger partial charge in [0.15, 0.2) is 6.10 Å². The number of allylic oxidation sites excluding steroid dienone is 8. The average Bonchev–Trinajstić information content (AvgIpc) is 3.18. The molecule has 1 unspecified atom stereocenters. The second-order valence-corrected chi connectivity index (χ2v) is 15.3. The van der Waals surface area contributed by atoms with E-state index < -0.39 is 6.10 Å². The van der Waals surface area contributed by atoms with Gasteiger partial charge in [-0.15, -0.1) is 0 Å². The molecule has 0 spiro atoms. The Bertz CT molecular complexity index is 980. The standard InChI is InChI=1S/C49H86O6/c1-4-7-10-13-16-19-22-23-24-25-28-30-33-36-39-42-48(51)54-45-46(55-49(52)43-40-37-34-31-27-21-18-15-12-9-6-3)44-53-47(50)41-38-35-32-29-26-20-17-14-11-8-5-2/h7,10,13,15-16,18-19,22,46H,4-6,8-9,11-12,14,17,20-21,23-45H2,1-3H3/b10-7-,16-13-,18-15-,22-19-. The maximum atomic E-state index is 12.7. The highest BCUT2D eigenvalue weighted by molar-refractivity contribution is 5.71. The maximum Gasteiger partial charge on any atom is 0.306 e. The Hall–Kier alpha value is -2.63. The molecule has 0 aliphatic carbocycles. The van der Waals surface area contributed by atoms with Crippen LogP contribution in [0.5, 0.6) is 0 Å². The summed E-state index contributed by atoms with van der Waals surface area (Å²) in [6.07, 6.45) is 50.9. The third-order valence-corrected chi connectivity index (χ3v) is 9.88. The van der Waals surface area contributed by atoms with Crippen molar-refractivity contribution < 1.29 is 28.6 Å². The predicted octanol–water partition coefficient (Wildman–Crippen LogP) is 14.8. The molecule has 0 N–H and O–H groups in total. The Labute approximate surface area is 339 Å². The topological polar surface area (TPSA) is 78.9 Å². The molecule has 0 heterocycles. The van der Waals surface area contributed by atoms with Crippen molar-refractivity contribution in [2.75, 3.05) is 13.2 Å². The highest BCUT2D eigenvalue weighted by Gasteiger charge is 2.19. The molecule has 0 aliphatic heterocycles. The minimum Gasteiger partial charge on any atom is -0.462 e. The Kier molecular flexibility index (Phi) is 42.0. The highest BCUT2D eigenvalue weighted by Crippen LogP contribution is 2.14. The van der Waals surface area contributed by atoms with Crippen LogP contribution in [0.25, 0.3) is 0 Å². The zero-order chi connectivity index (χ0) is 40.1. The van der Waals surface area contributed by atoms with Crippen LogP contribution < -0.4 is 0 Å². The molecule has 0 bridgehead atoms. The van der Waals surface area contributed by atoms with Crippen LogP contribution in [0, 0.1) is 0 Å². The molecule has 0 aromatic rings. The van der Waals surface area contributed by atoms with E-state index in [1.165, 1.54) is 103 Å². The molecular formula is C49H86O6. The van der Waals surface area contributed by atoms with Crippen molar-refractivity contribution in [3.63, 3.8) is 0 Å². The summed E-state index contributed by atoms with van der Waals surface area (Å²) >= 11 is 0. The van der Waals surface area contributed by atoms with Crippen molar-refractivity contribution in [2.24, 2.45) is 0 Å². The predicted molar refractivity (Wildman–Crippen MR) is 233 cm³/mol. The van der Waals surface area contributed by atoms with Crippen molar-refractivity contribution in [1.29, 1.82) is 0 Å². The van der Waals surface area contributed by atoms with Gasteiger partial charge in [-0.1, -0.05) is 198 Å². The van der Waals surface area contributed by atoms with E-state index in [1.54, 1.807) is 0 Å². The summed E-state index contributed by atoms with van der Waals surface area (Å²) in [4.78, 5) is 37.7. The molecule has 0 saturated carbocycles. The van der Waals surface area contributed by atoms with Crippen molar-refractivity contribution >= 4 is 17.9 Å². The largest absolute Gasteiger partial charge is 0.462 e. The number of hydrogen-bond donors (Lipinski definition) is 0. The van der Waals surface area contributed by atoms with Gasteiger partial charge in [0.1, 0.15) is 13.2 Å². The summed E-state index contributed by atoms with van der Waals surface area (Å²) in [6, 6.07) is 0. The van der Waals surface area contributed by atoms with Crippen LogP contribution in [-0.2, 0) is 28.6 Å². The molecule has 0 aliphatic rings. The first kappa shape index (κ1) is 52.4. The Morgan fingerprint density at radius 2 is 0.745 bits per heavy atom. The first-order valence-corrected chi connectivity index (χ1v) is 23.2. The molecule has 6 nitrogen and oxygen atoms in total.